The molecule has 1 aliphatic carbocycles. The molecule has 1 heterocycles. The van der Waals surface area contributed by atoms with E-state index in [0.29, 0.717) is 18.4 Å². The van der Waals surface area contributed by atoms with Crippen molar-refractivity contribution in [2.75, 3.05) is 7.11 Å². The second kappa shape index (κ2) is 4.82. The average Bonchev–Trinajstić information content (AvgIpc) is 2.36. The van der Waals surface area contributed by atoms with E-state index >= 15 is 0 Å². The minimum atomic E-state index is 0.157. The maximum absolute atomic E-state index is 6.33. The third-order valence-corrected chi connectivity index (χ3v) is 4.77. The molecule has 1 spiro atoms. The molecule has 1 aromatic carbocycles. The van der Waals surface area contributed by atoms with Gasteiger partial charge in [-0.2, -0.15) is 0 Å². The second-order valence-corrected chi connectivity index (χ2v) is 6.50. The lowest BCUT2D eigenvalue weighted by Crippen LogP contribution is -2.47. The Bertz CT molecular complexity index is 460. The third kappa shape index (κ3) is 2.27. The highest BCUT2D eigenvalue weighted by Gasteiger charge is 2.46. The number of methoxy groups -OCH3 is 1. The van der Waals surface area contributed by atoms with Gasteiger partial charge >= 0.3 is 0 Å². The van der Waals surface area contributed by atoms with Crippen molar-refractivity contribution in [3.63, 3.8) is 0 Å². The molecule has 2 heteroatoms. The lowest BCUT2D eigenvalue weighted by molar-refractivity contribution is -0.0380. The third-order valence-electron chi connectivity index (χ3n) is 4.77. The molecule has 1 aromatic rings. The SMILES string of the molecule is COCc1ccc2c(c1)C(C(C)C)CC1(CCC1)O2. The molecular weight excluding hydrogens is 236 g/mol. The number of benzene rings is 1. The minimum absolute atomic E-state index is 0.157. The summed E-state index contributed by atoms with van der Waals surface area (Å²) in [7, 11) is 1.75. The summed E-state index contributed by atoms with van der Waals surface area (Å²) in [4.78, 5) is 0. The zero-order chi connectivity index (χ0) is 13.5. The van der Waals surface area contributed by atoms with Crippen molar-refractivity contribution < 1.29 is 9.47 Å². The number of fused-ring (bicyclic) bond motifs is 1. The Hall–Kier alpha value is -1.02. The molecule has 1 saturated carbocycles. The van der Waals surface area contributed by atoms with Gasteiger partial charge in [-0.15, -0.1) is 0 Å². The molecule has 0 aromatic heterocycles. The van der Waals surface area contributed by atoms with Crippen LogP contribution in [0.5, 0.6) is 5.75 Å². The highest BCUT2D eigenvalue weighted by atomic mass is 16.5. The molecule has 104 valence electrons. The Morgan fingerprint density at radius 3 is 2.74 bits per heavy atom. The standard InChI is InChI=1S/C17H24O2/c1-12(2)15-10-17(7-4-8-17)19-16-6-5-13(11-18-3)9-14(15)16/h5-6,9,12,15H,4,7-8,10-11H2,1-3H3. The molecule has 1 unspecified atom stereocenters. The van der Waals surface area contributed by atoms with Gasteiger partial charge in [0.1, 0.15) is 11.4 Å². The van der Waals surface area contributed by atoms with Crippen LogP contribution >= 0.6 is 0 Å². The number of ether oxygens (including phenoxy) is 2. The van der Waals surface area contributed by atoms with Crippen molar-refractivity contribution in [3.8, 4) is 5.75 Å². The average molecular weight is 260 g/mol. The van der Waals surface area contributed by atoms with Crippen molar-refractivity contribution in [2.24, 2.45) is 5.92 Å². The lowest BCUT2D eigenvalue weighted by Gasteiger charge is -2.49. The van der Waals surface area contributed by atoms with Gasteiger partial charge < -0.3 is 9.47 Å². The summed E-state index contributed by atoms with van der Waals surface area (Å²) >= 11 is 0. The highest BCUT2D eigenvalue weighted by Crippen LogP contribution is 2.51. The Balaban J connectivity index is 1.96. The maximum atomic E-state index is 6.33. The van der Waals surface area contributed by atoms with E-state index in [0.717, 1.165) is 5.75 Å². The van der Waals surface area contributed by atoms with E-state index in [1.165, 1.54) is 36.8 Å². The number of hydrogen-bond acceptors (Lipinski definition) is 2. The summed E-state index contributed by atoms with van der Waals surface area (Å²) in [6.07, 6.45) is 4.97. The van der Waals surface area contributed by atoms with Gasteiger partial charge in [-0.1, -0.05) is 19.9 Å². The molecule has 1 fully saturated rings. The molecule has 0 amide bonds. The molecule has 2 nitrogen and oxygen atoms in total. The van der Waals surface area contributed by atoms with E-state index in [9.17, 15) is 0 Å². The normalized spacial score (nSPS) is 23.9. The number of hydrogen-bond donors (Lipinski definition) is 0. The Morgan fingerprint density at radius 1 is 1.37 bits per heavy atom. The monoisotopic (exact) mass is 260 g/mol. The first-order chi connectivity index (χ1) is 9.13. The van der Waals surface area contributed by atoms with Gasteiger partial charge in [-0.25, -0.2) is 0 Å². The van der Waals surface area contributed by atoms with E-state index in [-0.39, 0.29) is 5.60 Å². The van der Waals surface area contributed by atoms with Gasteiger partial charge in [0.05, 0.1) is 6.61 Å². The number of rotatable bonds is 3. The predicted octanol–water partition coefficient (Wildman–Crippen LogP) is 4.28. The fourth-order valence-electron chi connectivity index (χ4n) is 3.49. The fourth-order valence-corrected chi connectivity index (χ4v) is 3.49. The summed E-state index contributed by atoms with van der Waals surface area (Å²) in [6.45, 7) is 5.34. The van der Waals surface area contributed by atoms with Crippen LogP contribution in [0.4, 0.5) is 0 Å². The van der Waals surface area contributed by atoms with Crippen molar-refractivity contribution in [1.82, 2.24) is 0 Å². The van der Waals surface area contributed by atoms with Crippen molar-refractivity contribution in [2.45, 2.75) is 57.7 Å². The van der Waals surface area contributed by atoms with E-state index < -0.39 is 0 Å². The van der Waals surface area contributed by atoms with Crippen molar-refractivity contribution in [3.05, 3.63) is 29.3 Å². The summed E-state index contributed by atoms with van der Waals surface area (Å²) < 4.78 is 11.6. The van der Waals surface area contributed by atoms with E-state index in [4.69, 9.17) is 9.47 Å². The van der Waals surface area contributed by atoms with Gasteiger partial charge in [0.2, 0.25) is 0 Å². The van der Waals surface area contributed by atoms with Crippen LogP contribution in [-0.4, -0.2) is 12.7 Å². The smallest absolute Gasteiger partial charge is 0.123 e. The first kappa shape index (κ1) is 13.0. The van der Waals surface area contributed by atoms with Gasteiger partial charge in [0.15, 0.2) is 0 Å². The molecule has 0 saturated heterocycles. The summed E-state index contributed by atoms with van der Waals surface area (Å²) in [5, 5.41) is 0. The summed E-state index contributed by atoms with van der Waals surface area (Å²) in [5.74, 6) is 2.41. The van der Waals surface area contributed by atoms with E-state index in [1.807, 2.05) is 0 Å². The Labute approximate surface area is 116 Å². The molecule has 19 heavy (non-hydrogen) atoms. The Kier molecular flexibility index (Phi) is 3.30. The summed E-state index contributed by atoms with van der Waals surface area (Å²) in [6, 6.07) is 6.57. The molecule has 1 aliphatic heterocycles. The zero-order valence-electron chi connectivity index (χ0n) is 12.2. The molecule has 0 N–H and O–H groups in total. The predicted molar refractivity (Wildman–Crippen MR) is 76.6 cm³/mol. The Morgan fingerprint density at radius 2 is 2.16 bits per heavy atom. The fraction of sp³-hybridized carbons (Fsp3) is 0.647. The van der Waals surface area contributed by atoms with Gasteiger partial charge in [-0.3, -0.25) is 0 Å². The topological polar surface area (TPSA) is 18.5 Å². The first-order valence-electron chi connectivity index (χ1n) is 7.44. The van der Waals surface area contributed by atoms with E-state index in [1.54, 1.807) is 7.11 Å². The second-order valence-electron chi connectivity index (χ2n) is 6.50. The van der Waals surface area contributed by atoms with Gasteiger partial charge in [0.25, 0.3) is 0 Å². The van der Waals surface area contributed by atoms with Crippen LogP contribution in [0, 0.1) is 5.92 Å². The van der Waals surface area contributed by atoms with Crippen LogP contribution in [0.25, 0.3) is 0 Å². The lowest BCUT2D eigenvalue weighted by atomic mass is 9.68. The zero-order valence-corrected chi connectivity index (χ0v) is 12.2. The maximum Gasteiger partial charge on any atom is 0.123 e. The van der Waals surface area contributed by atoms with Crippen LogP contribution in [0.2, 0.25) is 0 Å². The quantitative estimate of drug-likeness (QED) is 0.807. The summed E-state index contributed by atoms with van der Waals surface area (Å²) in [5.41, 5.74) is 2.80. The molecule has 3 rings (SSSR count). The molecule has 0 bridgehead atoms. The molecule has 0 radical (unpaired) electrons. The first-order valence-corrected chi connectivity index (χ1v) is 7.44. The van der Waals surface area contributed by atoms with Crippen LogP contribution in [0.3, 0.4) is 0 Å². The molecular formula is C17H24O2. The van der Waals surface area contributed by atoms with Crippen LogP contribution in [0.1, 0.15) is 56.6 Å². The van der Waals surface area contributed by atoms with E-state index in [2.05, 4.69) is 32.0 Å². The van der Waals surface area contributed by atoms with Crippen LogP contribution in [-0.2, 0) is 11.3 Å². The molecule has 2 aliphatic rings. The largest absolute Gasteiger partial charge is 0.487 e. The van der Waals surface area contributed by atoms with Crippen molar-refractivity contribution in [1.29, 1.82) is 0 Å². The van der Waals surface area contributed by atoms with Crippen molar-refractivity contribution >= 4 is 0 Å². The minimum Gasteiger partial charge on any atom is -0.487 e. The van der Waals surface area contributed by atoms with Crippen LogP contribution in [0.15, 0.2) is 18.2 Å². The highest BCUT2D eigenvalue weighted by molar-refractivity contribution is 5.43. The molecule has 1 atom stereocenters. The van der Waals surface area contributed by atoms with Gasteiger partial charge in [0, 0.05) is 7.11 Å². The van der Waals surface area contributed by atoms with Gasteiger partial charge in [-0.05, 0) is 60.8 Å². The van der Waals surface area contributed by atoms with Crippen LogP contribution < -0.4 is 4.74 Å².